The summed E-state index contributed by atoms with van der Waals surface area (Å²) in [6.45, 7) is 11.1. The number of nitrogens with zero attached hydrogens (tertiary/aromatic N) is 3. The predicted octanol–water partition coefficient (Wildman–Crippen LogP) is 2.57. The van der Waals surface area contributed by atoms with Gasteiger partial charge in [0.15, 0.2) is 5.16 Å². The third-order valence-corrected chi connectivity index (χ3v) is 4.68. The van der Waals surface area contributed by atoms with Gasteiger partial charge >= 0.3 is 0 Å². The molecule has 0 aliphatic rings. The normalized spacial score (nSPS) is 11.4. The first-order chi connectivity index (χ1) is 10.9. The first-order valence-electron chi connectivity index (χ1n) is 7.91. The second-order valence-electron chi connectivity index (χ2n) is 5.73. The molecule has 0 bridgehead atoms. The van der Waals surface area contributed by atoms with E-state index in [4.69, 9.17) is 0 Å². The number of hydrogen-bond acceptors (Lipinski definition) is 4. The van der Waals surface area contributed by atoms with Crippen molar-refractivity contribution in [2.24, 2.45) is 0 Å². The lowest BCUT2D eigenvalue weighted by Gasteiger charge is -2.19. The number of aryl methyl sites for hydroxylation is 1. The van der Waals surface area contributed by atoms with Crippen LogP contribution < -0.4 is 5.56 Å². The fourth-order valence-corrected chi connectivity index (χ4v) is 3.57. The fourth-order valence-electron chi connectivity index (χ4n) is 2.54. The molecule has 0 aliphatic carbocycles. The average molecular weight is 336 g/mol. The molecule has 126 valence electrons. The van der Waals surface area contributed by atoms with Gasteiger partial charge in [0.05, 0.1) is 11.3 Å². The van der Waals surface area contributed by atoms with Crippen LogP contribution in [0.2, 0.25) is 0 Å². The number of thioether (sulfide) groups is 1. The Morgan fingerprint density at radius 2 is 2.04 bits per heavy atom. The summed E-state index contributed by atoms with van der Waals surface area (Å²) in [6, 6.07) is 1.84. The fraction of sp³-hybridized carbons (Fsp3) is 0.562. The van der Waals surface area contributed by atoms with Crippen LogP contribution in [0.3, 0.4) is 0 Å². The number of carbonyl (C=O) groups excluding carboxylic acids is 1. The number of aromatic amines is 1. The Hall–Kier alpha value is -1.76. The van der Waals surface area contributed by atoms with E-state index in [0.717, 1.165) is 5.69 Å². The summed E-state index contributed by atoms with van der Waals surface area (Å²) >= 11 is 1.33. The molecule has 1 N–H and O–H groups in total. The van der Waals surface area contributed by atoms with Gasteiger partial charge in [0.2, 0.25) is 5.91 Å². The van der Waals surface area contributed by atoms with E-state index < -0.39 is 0 Å². The highest BCUT2D eigenvalue weighted by Crippen LogP contribution is 2.21. The Bertz CT molecular complexity index is 759. The van der Waals surface area contributed by atoms with Crippen molar-refractivity contribution >= 4 is 28.7 Å². The molecule has 0 fully saturated rings. The molecule has 0 saturated carbocycles. The smallest absolute Gasteiger partial charge is 0.278 e. The van der Waals surface area contributed by atoms with Crippen LogP contribution >= 0.6 is 11.8 Å². The molecular formula is C16H24N4O2S. The first kappa shape index (κ1) is 17.6. The van der Waals surface area contributed by atoms with E-state index in [2.05, 4.69) is 9.97 Å². The zero-order valence-electron chi connectivity index (χ0n) is 14.3. The number of nitrogens with one attached hydrogen (secondary N) is 1. The molecule has 1 amide bonds. The summed E-state index contributed by atoms with van der Waals surface area (Å²) in [5, 5.41) is 0.594. The Kier molecular flexibility index (Phi) is 5.51. The van der Waals surface area contributed by atoms with Crippen molar-refractivity contribution in [3.63, 3.8) is 0 Å². The summed E-state index contributed by atoms with van der Waals surface area (Å²) in [5.41, 5.74) is 2.00. The van der Waals surface area contributed by atoms with E-state index in [9.17, 15) is 9.59 Å². The summed E-state index contributed by atoms with van der Waals surface area (Å²) in [7, 11) is 0. The first-order valence-corrected chi connectivity index (χ1v) is 8.90. The molecule has 0 spiro atoms. The standard InChI is InChI=1S/C16H24N4O2S/c1-6-19(7-2)13(21)9-23-16-18-12-8-11(5)17-14(12)15(22)20(16)10(3)4/h8,10,17H,6-7,9H2,1-5H3. The number of hydrogen-bond donors (Lipinski definition) is 1. The number of H-pyrrole nitrogens is 1. The van der Waals surface area contributed by atoms with Gasteiger partial charge in [-0.2, -0.15) is 0 Å². The minimum Gasteiger partial charge on any atom is -0.353 e. The third kappa shape index (κ3) is 3.60. The molecule has 2 aromatic heterocycles. The van der Waals surface area contributed by atoms with Gasteiger partial charge in [-0.25, -0.2) is 4.98 Å². The molecule has 0 unspecified atom stereocenters. The monoisotopic (exact) mass is 336 g/mol. The lowest BCUT2D eigenvalue weighted by Crippen LogP contribution is -2.32. The zero-order valence-corrected chi connectivity index (χ0v) is 15.2. The zero-order chi connectivity index (χ0) is 17.1. The van der Waals surface area contributed by atoms with Gasteiger partial charge in [0, 0.05) is 24.8 Å². The maximum atomic E-state index is 12.7. The maximum absolute atomic E-state index is 12.7. The van der Waals surface area contributed by atoms with Gasteiger partial charge in [-0.05, 0) is 40.7 Å². The van der Waals surface area contributed by atoms with Crippen LogP contribution in [-0.2, 0) is 4.79 Å². The highest BCUT2D eigenvalue weighted by Gasteiger charge is 2.18. The molecule has 23 heavy (non-hydrogen) atoms. The summed E-state index contributed by atoms with van der Waals surface area (Å²) in [5.74, 6) is 0.352. The van der Waals surface area contributed by atoms with Gasteiger partial charge in [-0.3, -0.25) is 14.2 Å². The van der Waals surface area contributed by atoms with E-state index in [-0.39, 0.29) is 23.3 Å². The van der Waals surface area contributed by atoms with E-state index in [1.165, 1.54) is 11.8 Å². The van der Waals surface area contributed by atoms with Crippen molar-refractivity contribution < 1.29 is 4.79 Å². The molecule has 0 aromatic carbocycles. The van der Waals surface area contributed by atoms with Crippen LogP contribution in [0.5, 0.6) is 0 Å². The molecular weight excluding hydrogens is 312 g/mol. The van der Waals surface area contributed by atoms with Crippen LogP contribution in [0.15, 0.2) is 16.0 Å². The molecule has 6 nitrogen and oxygen atoms in total. The highest BCUT2D eigenvalue weighted by atomic mass is 32.2. The third-order valence-electron chi connectivity index (χ3n) is 3.74. The van der Waals surface area contributed by atoms with Crippen molar-refractivity contribution in [2.45, 2.75) is 45.8 Å². The van der Waals surface area contributed by atoms with E-state index >= 15 is 0 Å². The van der Waals surface area contributed by atoms with Crippen LogP contribution in [0.25, 0.3) is 11.0 Å². The molecule has 2 rings (SSSR count). The van der Waals surface area contributed by atoms with Crippen LogP contribution in [0.4, 0.5) is 0 Å². The van der Waals surface area contributed by atoms with Crippen molar-refractivity contribution in [1.29, 1.82) is 0 Å². The molecule has 0 saturated heterocycles. The van der Waals surface area contributed by atoms with Crippen molar-refractivity contribution in [2.75, 3.05) is 18.8 Å². The summed E-state index contributed by atoms with van der Waals surface area (Å²) in [4.78, 5) is 34.3. The predicted molar refractivity (Wildman–Crippen MR) is 94.1 cm³/mol. The second-order valence-corrected chi connectivity index (χ2v) is 6.67. The Labute approximate surface area is 140 Å². The minimum absolute atomic E-state index is 0.0194. The largest absolute Gasteiger partial charge is 0.353 e. The van der Waals surface area contributed by atoms with Gasteiger partial charge in [0.1, 0.15) is 5.52 Å². The number of amides is 1. The average Bonchev–Trinajstić information content (AvgIpc) is 2.86. The van der Waals surface area contributed by atoms with Crippen molar-refractivity contribution in [1.82, 2.24) is 19.4 Å². The minimum atomic E-state index is -0.0871. The Morgan fingerprint density at radius 1 is 1.39 bits per heavy atom. The number of fused-ring (bicyclic) bond motifs is 1. The van der Waals surface area contributed by atoms with E-state index in [1.807, 2.05) is 40.7 Å². The van der Waals surface area contributed by atoms with Crippen LogP contribution in [0.1, 0.15) is 39.4 Å². The quantitative estimate of drug-likeness (QED) is 0.650. The summed E-state index contributed by atoms with van der Waals surface area (Å²) < 4.78 is 1.65. The Morgan fingerprint density at radius 3 is 2.61 bits per heavy atom. The van der Waals surface area contributed by atoms with E-state index in [1.54, 1.807) is 9.47 Å². The molecule has 2 heterocycles. The van der Waals surface area contributed by atoms with Crippen LogP contribution in [0, 0.1) is 6.92 Å². The summed E-state index contributed by atoms with van der Waals surface area (Å²) in [6.07, 6.45) is 0. The highest BCUT2D eigenvalue weighted by molar-refractivity contribution is 7.99. The van der Waals surface area contributed by atoms with Crippen molar-refractivity contribution in [3.8, 4) is 0 Å². The second kappa shape index (κ2) is 7.21. The van der Waals surface area contributed by atoms with Crippen LogP contribution in [-0.4, -0.2) is 44.2 Å². The Balaban J connectivity index is 2.37. The van der Waals surface area contributed by atoms with Gasteiger partial charge in [0.25, 0.3) is 5.56 Å². The topological polar surface area (TPSA) is 71.0 Å². The molecule has 0 aliphatic heterocycles. The number of rotatable bonds is 6. The SMILES string of the molecule is CCN(CC)C(=O)CSc1nc2cc(C)[nH]c2c(=O)n1C(C)C. The molecule has 2 aromatic rings. The number of aromatic nitrogens is 3. The van der Waals surface area contributed by atoms with Gasteiger partial charge in [-0.15, -0.1) is 0 Å². The van der Waals surface area contributed by atoms with E-state index in [0.29, 0.717) is 29.3 Å². The van der Waals surface area contributed by atoms with Gasteiger partial charge in [-0.1, -0.05) is 11.8 Å². The maximum Gasteiger partial charge on any atom is 0.278 e. The lowest BCUT2D eigenvalue weighted by molar-refractivity contribution is -0.127. The molecule has 0 atom stereocenters. The number of carbonyl (C=O) groups is 1. The molecule has 7 heteroatoms. The molecule has 0 radical (unpaired) electrons. The van der Waals surface area contributed by atoms with Gasteiger partial charge < -0.3 is 9.88 Å². The lowest BCUT2D eigenvalue weighted by atomic mass is 10.3. The van der Waals surface area contributed by atoms with Crippen molar-refractivity contribution in [3.05, 3.63) is 22.1 Å².